The summed E-state index contributed by atoms with van der Waals surface area (Å²) in [4.78, 5) is 2.32. The molecule has 2 atom stereocenters. The van der Waals surface area contributed by atoms with Gasteiger partial charge in [0.15, 0.2) is 9.84 Å². The number of nitrogens with zero attached hydrogens (tertiary/aromatic N) is 1. The van der Waals surface area contributed by atoms with Gasteiger partial charge in [0, 0.05) is 30.9 Å². The van der Waals surface area contributed by atoms with E-state index in [1.165, 1.54) is 0 Å². The van der Waals surface area contributed by atoms with E-state index in [0.29, 0.717) is 24.4 Å². The lowest BCUT2D eigenvalue weighted by molar-refractivity contribution is 0.215. The van der Waals surface area contributed by atoms with Crippen LogP contribution in [0.15, 0.2) is 0 Å². The summed E-state index contributed by atoms with van der Waals surface area (Å²) in [6.07, 6.45) is 2.20. The van der Waals surface area contributed by atoms with Gasteiger partial charge in [-0.1, -0.05) is 13.8 Å². The fourth-order valence-corrected chi connectivity index (χ4v) is 2.99. The third-order valence-corrected chi connectivity index (χ3v) is 5.38. The smallest absolute Gasteiger partial charge is 0.151 e. The molecular weight excluding hydrogens is 236 g/mol. The van der Waals surface area contributed by atoms with Crippen molar-refractivity contribution in [3.05, 3.63) is 0 Å². The van der Waals surface area contributed by atoms with Crippen molar-refractivity contribution in [2.24, 2.45) is 0 Å². The van der Waals surface area contributed by atoms with Gasteiger partial charge in [0.25, 0.3) is 0 Å². The Labute approximate surface area is 106 Å². The third kappa shape index (κ3) is 4.94. The summed E-state index contributed by atoms with van der Waals surface area (Å²) in [7, 11) is -2.84. The first-order valence-electron chi connectivity index (χ1n) is 6.66. The van der Waals surface area contributed by atoms with Gasteiger partial charge < -0.3 is 5.32 Å². The van der Waals surface area contributed by atoms with Crippen LogP contribution in [0.2, 0.25) is 0 Å². The van der Waals surface area contributed by atoms with Crippen molar-refractivity contribution in [3.63, 3.8) is 0 Å². The van der Waals surface area contributed by atoms with Crippen LogP contribution >= 0.6 is 0 Å². The third-order valence-electron chi connectivity index (χ3n) is 3.70. The van der Waals surface area contributed by atoms with E-state index in [-0.39, 0.29) is 5.75 Å². The van der Waals surface area contributed by atoms with E-state index in [0.717, 1.165) is 25.9 Å². The lowest BCUT2D eigenvalue weighted by atomic mass is 10.2. The summed E-state index contributed by atoms with van der Waals surface area (Å²) in [6, 6.07) is 0.982. The molecule has 5 heteroatoms. The molecule has 1 saturated heterocycles. The van der Waals surface area contributed by atoms with Gasteiger partial charge in [-0.2, -0.15) is 0 Å². The van der Waals surface area contributed by atoms with Crippen LogP contribution in [0, 0.1) is 0 Å². The summed E-state index contributed by atoms with van der Waals surface area (Å²) in [5.41, 5.74) is 0. The quantitative estimate of drug-likeness (QED) is 0.799. The summed E-state index contributed by atoms with van der Waals surface area (Å²) in [6.45, 7) is 8.77. The van der Waals surface area contributed by atoms with Gasteiger partial charge in [-0.3, -0.25) is 4.90 Å². The van der Waals surface area contributed by atoms with Gasteiger partial charge in [0.2, 0.25) is 0 Å². The summed E-state index contributed by atoms with van der Waals surface area (Å²) >= 11 is 0. The molecule has 1 aliphatic rings. The molecule has 17 heavy (non-hydrogen) atoms. The van der Waals surface area contributed by atoms with E-state index in [4.69, 9.17) is 0 Å². The molecule has 0 aromatic carbocycles. The molecule has 0 radical (unpaired) electrons. The van der Waals surface area contributed by atoms with Crippen molar-refractivity contribution in [2.75, 3.05) is 31.1 Å². The predicted octanol–water partition coefficient (Wildman–Crippen LogP) is 0.884. The van der Waals surface area contributed by atoms with E-state index in [1.807, 2.05) is 0 Å². The average Bonchev–Trinajstić information content (AvgIpc) is 2.49. The molecule has 4 nitrogen and oxygen atoms in total. The average molecular weight is 262 g/mol. The maximum Gasteiger partial charge on any atom is 0.151 e. The molecule has 1 rings (SSSR count). The lowest BCUT2D eigenvalue weighted by Gasteiger charge is -2.28. The molecule has 102 valence electrons. The van der Waals surface area contributed by atoms with Crippen LogP contribution in [0.1, 0.15) is 33.6 Å². The van der Waals surface area contributed by atoms with Crippen molar-refractivity contribution >= 4 is 9.84 Å². The zero-order chi connectivity index (χ0) is 12.9. The van der Waals surface area contributed by atoms with Crippen LogP contribution in [0.5, 0.6) is 0 Å². The minimum atomic E-state index is -2.84. The fourth-order valence-electron chi connectivity index (χ4n) is 2.19. The molecule has 0 bridgehead atoms. The Morgan fingerprint density at radius 2 is 2.06 bits per heavy atom. The Hall–Kier alpha value is -0.130. The van der Waals surface area contributed by atoms with Crippen LogP contribution in [0.3, 0.4) is 0 Å². The van der Waals surface area contributed by atoms with Gasteiger partial charge >= 0.3 is 0 Å². The maximum atomic E-state index is 11.5. The predicted molar refractivity (Wildman–Crippen MR) is 72.1 cm³/mol. The Bertz CT molecular complexity index is 316. The number of hydrogen-bond donors (Lipinski definition) is 1. The molecule has 1 heterocycles. The van der Waals surface area contributed by atoms with Crippen molar-refractivity contribution in [1.82, 2.24) is 10.2 Å². The molecule has 0 aromatic rings. The molecule has 0 amide bonds. The largest absolute Gasteiger partial charge is 0.313 e. The molecule has 2 unspecified atom stereocenters. The van der Waals surface area contributed by atoms with E-state index in [9.17, 15) is 8.42 Å². The second-order valence-electron chi connectivity index (χ2n) is 4.93. The highest BCUT2D eigenvalue weighted by Gasteiger charge is 2.22. The Kier molecular flexibility index (Phi) is 5.89. The minimum absolute atomic E-state index is 0.255. The highest BCUT2D eigenvalue weighted by molar-refractivity contribution is 7.91. The number of hydrogen-bond acceptors (Lipinski definition) is 4. The highest BCUT2D eigenvalue weighted by Crippen LogP contribution is 2.10. The molecular formula is C12H26N2O2S. The van der Waals surface area contributed by atoms with Crippen LogP contribution in [-0.2, 0) is 9.84 Å². The topological polar surface area (TPSA) is 49.4 Å². The number of sulfone groups is 1. The standard InChI is InChI=1S/C12H26N2O2S/c1-4-12-10-14(11(3)6-7-13-12)8-9-17(15,16)5-2/h11-13H,4-10H2,1-3H3. The zero-order valence-electron chi connectivity index (χ0n) is 11.3. The van der Waals surface area contributed by atoms with Crippen LogP contribution in [0.4, 0.5) is 0 Å². The van der Waals surface area contributed by atoms with Crippen molar-refractivity contribution in [2.45, 2.75) is 45.7 Å². The van der Waals surface area contributed by atoms with E-state index < -0.39 is 9.84 Å². The summed E-state index contributed by atoms with van der Waals surface area (Å²) < 4.78 is 23.1. The van der Waals surface area contributed by atoms with E-state index in [2.05, 4.69) is 24.1 Å². The van der Waals surface area contributed by atoms with Crippen LogP contribution < -0.4 is 5.32 Å². The molecule has 0 saturated carbocycles. The van der Waals surface area contributed by atoms with Gasteiger partial charge in [0.1, 0.15) is 0 Å². The van der Waals surface area contributed by atoms with Gasteiger partial charge in [-0.05, 0) is 26.3 Å². The molecule has 0 aromatic heterocycles. The molecule has 1 aliphatic heterocycles. The molecule has 0 aliphatic carbocycles. The second kappa shape index (κ2) is 6.71. The van der Waals surface area contributed by atoms with Gasteiger partial charge in [-0.15, -0.1) is 0 Å². The van der Waals surface area contributed by atoms with E-state index in [1.54, 1.807) is 6.92 Å². The van der Waals surface area contributed by atoms with Crippen LogP contribution in [0.25, 0.3) is 0 Å². The Balaban J connectivity index is 2.54. The summed E-state index contributed by atoms with van der Waals surface area (Å²) in [5.74, 6) is 0.551. The Morgan fingerprint density at radius 3 is 2.65 bits per heavy atom. The first-order valence-corrected chi connectivity index (χ1v) is 8.48. The Morgan fingerprint density at radius 1 is 1.35 bits per heavy atom. The molecule has 1 N–H and O–H groups in total. The maximum absolute atomic E-state index is 11.5. The first-order chi connectivity index (χ1) is 7.98. The van der Waals surface area contributed by atoms with Crippen LogP contribution in [-0.4, -0.2) is 56.5 Å². The summed E-state index contributed by atoms with van der Waals surface area (Å²) in [5, 5.41) is 3.51. The molecule has 1 fully saturated rings. The highest BCUT2D eigenvalue weighted by atomic mass is 32.2. The van der Waals surface area contributed by atoms with Crippen molar-refractivity contribution in [3.8, 4) is 0 Å². The molecule has 0 spiro atoms. The zero-order valence-corrected chi connectivity index (χ0v) is 12.1. The van der Waals surface area contributed by atoms with Gasteiger partial charge in [-0.25, -0.2) is 8.42 Å². The van der Waals surface area contributed by atoms with Crippen molar-refractivity contribution in [1.29, 1.82) is 0 Å². The number of rotatable bonds is 5. The minimum Gasteiger partial charge on any atom is -0.313 e. The normalized spacial score (nSPS) is 27.9. The second-order valence-corrected chi connectivity index (χ2v) is 7.40. The monoisotopic (exact) mass is 262 g/mol. The van der Waals surface area contributed by atoms with E-state index >= 15 is 0 Å². The SMILES string of the molecule is CCC1CN(CCS(=O)(=O)CC)C(C)CCN1. The fraction of sp³-hybridized carbons (Fsp3) is 1.00. The number of nitrogens with one attached hydrogen (secondary N) is 1. The van der Waals surface area contributed by atoms with Gasteiger partial charge in [0.05, 0.1) is 5.75 Å². The van der Waals surface area contributed by atoms with Crippen molar-refractivity contribution < 1.29 is 8.42 Å². The lowest BCUT2D eigenvalue weighted by Crippen LogP contribution is -2.42. The first kappa shape index (κ1) is 14.9.